The highest BCUT2D eigenvalue weighted by molar-refractivity contribution is 6.24. The number of ether oxygens (including phenoxy) is 2. The first kappa shape index (κ1) is 14.6. The van der Waals surface area contributed by atoms with Crippen molar-refractivity contribution in [1.82, 2.24) is 0 Å². The number of imide groups is 1. The van der Waals surface area contributed by atoms with Gasteiger partial charge in [-0.3, -0.25) is 4.79 Å². The SMILES string of the molecule is COc1ccc(N2C(=O)O/C(=C/c3ccc(O)cc3)C2=O)cc1. The summed E-state index contributed by atoms with van der Waals surface area (Å²) < 4.78 is 10.1. The van der Waals surface area contributed by atoms with E-state index in [4.69, 9.17) is 9.47 Å². The summed E-state index contributed by atoms with van der Waals surface area (Å²) in [5, 5.41) is 9.25. The lowest BCUT2D eigenvalue weighted by atomic mass is 10.2. The van der Waals surface area contributed by atoms with Crippen LogP contribution in [0.5, 0.6) is 11.5 Å². The van der Waals surface area contributed by atoms with Crippen molar-refractivity contribution in [1.29, 1.82) is 0 Å². The van der Waals surface area contributed by atoms with Gasteiger partial charge in [0.1, 0.15) is 11.5 Å². The van der Waals surface area contributed by atoms with E-state index in [1.54, 1.807) is 36.4 Å². The number of hydrogen-bond donors (Lipinski definition) is 1. The zero-order valence-corrected chi connectivity index (χ0v) is 12.2. The Morgan fingerprint density at radius 1 is 1.04 bits per heavy atom. The number of anilines is 1. The standard InChI is InChI=1S/C17H13NO5/c1-22-14-8-4-12(5-9-14)18-16(20)15(23-17(18)21)10-11-2-6-13(19)7-3-11/h2-10,19H,1H3/b15-10+. The van der Waals surface area contributed by atoms with E-state index in [1.165, 1.54) is 25.3 Å². The van der Waals surface area contributed by atoms with Crippen LogP contribution < -0.4 is 9.64 Å². The number of phenols is 1. The third kappa shape index (κ3) is 2.87. The number of cyclic esters (lactones) is 1. The molecule has 1 N–H and O–H groups in total. The zero-order valence-electron chi connectivity index (χ0n) is 12.2. The van der Waals surface area contributed by atoms with Crippen LogP contribution in [0.2, 0.25) is 0 Å². The Morgan fingerprint density at radius 2 is 1.70 bits per heavy atom. The van der Waals surface area contributed by atoms with Crippen molar-refractivity contribution in [3.63, 3.8) is 0 Å². The molecule has 3 rings (SSSR count). The molecule has 2 amide bonds. The van der Waals surface area contributed by atoms with E-state index in [0.29, 0.717) is 17.0 Å². The summed E-state index contributed by atoms with van der Waals surface area (Å²) in [4.78, 5) is 25.3. The Kier molecular flexibility index (Phi) is 3.72. The summed E-state index contributed by atoms with van der Waals surface area (Å²) >= 11 is 0. The van der Waals surface area contributed by atoms with E-state index in [-0.39, 0.29) is 11.5 Å². The molecule has 0 atom stereocenters. The van der Waals surface area contributed by atoms with Crippen molar-refractivity contribution >= 4 is 23.8 Å². The molecule has 116 valence electrons. The summed E-state index contributed by atoms with van der Waals surface area (Å²) in [5.74, 6) is 0.111. The van der Waals surface area contributed by atoms with Crippen molar-refractivity contribution in [3.05, 3.63) is 59.9 Å². The Bertz CT molecular complexity index is 778. The van der Waals surface area contributed by atoms with Gasteiger partial charge in [0.05, 0.1) is 12.8 Å². The maximum atomic E-state index is 12.4. The summed E-state index contributed by atoms with van der Waals surface area (Å²) in [6.07, 6.45) is 0.689. The van der Waals surface area contributed by atoms with Crippen LogP contribution in [-0.4, -0.2) is 24.2 Å². The van der Waals surface area contributed by atoms with Gasteiger partial charge < -0.3 is 14.6 Å². The predicted molar refractivity (Wildman–Crippen MR) is 83.0 cm³/mol. The van der Waals surface area contributed by atoms with Gasteiger partial charge in [0.2, 0.25) is 0 Å². The van der Waals surface area contributed by atoms with Crippen molar-refractivity contribution in [2.75, 3.05) is 12.0 Å². The second kappa shape index (κ2) is 5.84. The molecule has 2 aromatic carbocycles. The number of benzene rings is 2. The molecule has 6 nitrogen and oxygen atoms in total. The fraction of sp³-hybridized carbons (Fsp3) is 0.0588. The van der Waals surface area contributed by atoms with Crippen molar-refractivity contribution < 1.29 is 24.2 Å². The molecule has 1 saturated heterocycles. The van der Waals surface area contributed by atoms with Gasteiger partial charge in [-0.25, -0.2) is 9.69 Å². The lowest BCUT2D eigenvalue weighted by Crippen LogP contribution is -2.28. The molecule has 0 aromatic heterocycles. The Balaban J connectivity index is 1.88. The van der Waals surface area contributed by atoms with Crippen LogP contribution in [0.15, 0.2) is 54.3 Å². The third-order valence-electron chi connectivity index (χ3n) is 3.32. The van der Waals surface area contributed by atoms with Crippen LogP contribution in [0.4, 0.5) is 10.5 Å². The third-order valence-corrected chi connectivity index (χ3v) is 3.32. The molecule has 1 aliphatic heterocycles. The van der Waals surface area contributed by atoms with Gasteiger partial charge in [0.15, 0.2) is 5.76 Å². The fourth-order valence-corrected chi connectivity index (χ4v) is 2.14. The lowest BCUT2D eigenvalue weighted by molar-refractivity contribution is -0.114. The number of hydrogen-bond acceptors (Lipinski definition) is 5. The van der Waals surface area contributed by atoms with Crippen LogP contribution >= 0.6 is 0 Å². The summed E-state index contributed by atoms with van der Waals surface area (Å²) in [7, 11) is 1.53. The van der Waals surface area contributed by atoms with Gasteiger partial charge >= 0.3 is 12.0 Å². The topological polar surface area (TPSA) is 76.1 Å². The molecule has 0 radical (unpaired) electrons. The number of carbonyl (C=O) groups is 2. The van der Waals surface area contributed by atoms with Crippen LogP contribution in [0.1, 0.15) is 5.56 Å². The Morgan fingerprint density at radius 3 is 2.30 bits per heavy atom. The van der Waals surface area contributed by atoms with E-state index in [2.05, 4.69) is 0 Å². The Labute approximate surface area is 132 Å². The molecule has 1 fully saturated rings. The average molecular weight is 311 g/mol. The molecule has 1 heterocycles. The van der Waals surface area contributed by atoms with Crippen molar-refractivity contribution in [2.24, 2.45) is 0 Å². The number of nitrogens with zero attached hydrogens (tertiary/aromatic N) is 1. The van der Waals surface area contributed by atoms with E-state index >= 15 is 0 Å². The molecular weight excluding hydrogens is 298 g/mol. The van der Waals surface area contributed by atoms with E-state index < -0.39 is 12.0 Å². The summed E-state index contributed by atoms with van der Waals surface area (Å²) in [5.41, 5.74) is 1.03. The van der Waals surface area contributed by atoms with Gasteiger partial charge in [-0.05, 0) is 48.0 Å². The maximum Gasteiger partial charge on any atom is 0.427 e. The van der Waals surface area contributed by atoms with E-state index in [9.17, 15) is 14.7 Å². The molecule has 0 unspecified atom stereocenters. The minimum absolute atomic E-state index is 0.0727. The number of phenolic OH excluding ortho intramolecular Hbond substituents is 1. The minimum atomic E-state index is -0.759. The van der Waals surface area contributed by atoms with Gasteiger partial charge in [0, 0.05) is 0 Å². The first-order chi connectivity index (χ1) is 11.1. The van der Waals surface area contributed by atoms with E-state index in [1.807, 2.05) is 0 Å². The number of aromatic hydroxyl groups is 1. The molecule has 0 bridgehead atoms. The summed E-state index contributed by atoms with van der Waals surface area (Å²) in [6, 6.07) is 12.7. The zero-order chi connectivity index (χ0) is 16.4. The molecule has 0 aliphatic carbocycles. The van der Waals surface area contributed by atoms with Crippen molar-refractivity contribution in [3.8, 4) is 11.5 Å². The molecule has 1 aliphatic rings. The van der Waals surface area contributed by atoms with Crippen LogP contribution in [0.3, 0.4) is 0 Å². The van der Waals surface area contributed by atoms with E-state index in [0.717, 1.165) is 4.90 Å². The van der Waals surface area contributed by atoms with Crippen LogP contribution in [0, 0.1) is 0 Å². The number of carbonyl (C=O) groups excluding carboxylic acids is 2. The smallest absolute Gasteiger partial charge is 0.427 e. The van der Waals surface area contributed by atoms with Gasteiger partial charge in [0.25, 0.3) is 0 Å². The molecule has 0 saturated carbocycles. The molecule has 0 spiro atoms. The largest absolute Gasteiger partial charge is 0.508 e. The highest BCUT2D eigenvalue weighted by Crippen LogP contribution is 2.27. The average Bonchev–Trinajstić information content (AvgIpc) is 2.84. The molecule has 23 heavy (non-hydrogen) atoms. The van der Waals surface area contributed by atoms with Crippen LogP contribution in [0.25, 0.3) is 6.08 Å². The quantitative estimate of drug-likeness (QED) is 0.882. The van der Waals surface area contributed by atoms with Gasteiger partial charge in [-0.2, -0.15) is 0 Å². The number of rotatable bonds is 3. The monoisotopic (exact) mass is 311 g/mol. The number of amides is 2. The molecule has 6 heteroatoms. The van der Waals surface area contributed by atoms with Crippen molar-refractivity contribution in [2.45, 2.75) is 0 Å². The maximum absolute atomic E-state index is 12.4. The van der Waals surface area contributed by atoms with Gasteiger partial charge in [-0.15, -0.1) is 0 Å². The highest BCUT2D eigenvalue weighted by atomic mass is 16.6. The lowest BCUT2D eigenvalue weighted by Gasteiger charge is -2.10. The predicted octanol–water partition coefficient (Wildman–Crippen LogP) is 2.93. The molecular formula is C17H13NO5. The fourth-order valence-electron chi connectivity index (χ4n) is 2.14. The van der Waals surface area contributed by atoms with Gasteiger partial charge in [-0.1, -0.05) is 12.1 Å². The highest BCUT2D eigenvalue weighted by Gasteiger charge is 2.37. The minimum Gasteiger partial charge on any atom is -0.508 e. The van der Waals surface area contributed by atoms with Crippen LogP contribution in [-0.2, 0) is 9.53 Å². The first-order valence-electron chi connectivity index (χ1n) is 6.79. The second-order valence-electron chi connectivity index (χ2n) is 4.81. The first-order valence-corrected chi connectivity index (χ1v) is 6.79. The molecule has 2 aromatic rings. The number of methoxy groups -OCH3 is 1. The summed E-state index contributed by atoms with van der Waals surface area (Å²) in [6.45, 7) is 0. The normalized spacial score (nSPS) is 15.9. The Hall–Kier alpha value is -3.28. The second-order valence-corrected chi connectivity index (χ2v) is 4.81.